The van der Waals surface area contributed by atoms with Crippen LogP contribution in [0.4, 0.5) is 10.5 Å². The molecule has 4 amide bonds. The van der Waals surface area contributed by atoms with Gasteiger partial charge in [-0.15, -0.1) is 0 Å². The number of urea groups is 1. The van der Waals surface area contributed by atoms with E-state index in [-0.39, 0.29) is 34.1 Å². The first-order chi connectivity index (χ1) is 15.2. The molecule has 2 aromatic rings. The van der Waals surface area contributed by atoms with E-state index in [0.29, 0.717) is 5.56 Å². The molecule has 2 aromatic carbocycles. The molecule has 0 aliphatic carbocycles. The molecular formula is C21H16N4O7. The summed E-state index contributed by atoms with van der Waals surface area (Å²) >= 11 is 0. The number of non-ortho nitro benzene ring substituents is 1. The number of carbonyl (C=O) groups excluding carboxylic acids is 3. The number of nitriles is 1. The first kappa shape index (κ1) is 22.0. The number of amides is 4. The van der Waals surface area contributed by atoms with E-state index in [2.05, 4.69) is 0 Å². The van der Waals surface area contributed by atoms with Gasteiger partial charge < -0.3 is 9.47 Å². The van der Waals surface area contributed by atoms with Gasteiger partial charge in [0, 0.05) is 26.2 Å². The van der Waals surface area contributed by atoms with Gasteiger partial charge in [0.05, 0.1) is 12.0 Å². The molecule has 1 aliphatic heterocycles. The minimum absolute atomic E-state index is 0.0402. The lowest BCUT2D eigenvalue weighted by atomic mass is 10.1. The number of benzene rings is 2. The van der Waals surface area contributed by atoms with Gasteiger partial charge in [0.1, 0.15) is 23.0 Å². The summed E-state index contributed by atoms with van der Waals surface area (Å²) in [6.07, 6.45) is 1.32. The van der Waals surface area contributed by atoms with E-state index < -0.39 is 22.8 Å². The number of hydrogen-bond acceptors (Lipinski definition) is 8. The average Bonchev–Trinajstić information content (AvgIpc) is 2.80. The smallest absolute Gasteiger partial charge is 0.333 e. The molecule has 3 rings (SSSR count). The second-order valence-corrected chi connectivity index (χ2v) is 6.63. The second-order valence-electron chi connectivity index (χ2n) is 6.63. The maximum atomic E-state index is 12.4. The maximum absolute atomic E-state index is 12.4. The highest BCUT2D eigenvalue weighted by Crippen LogP contribution is 2.35. The van der Waals surface area contributed by atoms with Crippen molar-refractivity contribution < 1.29 is 28.8 Å². The second kappa shape index (κ2) is 8.57. The number of nitro benzene ring substituents is 1. The molecule has 0 saturated carbocycles. The Morgan fingerprint density at radius 1 is 1.00 bits per heavy atom. The molecule has 0 N–H and O–H groups in total. The number of methoxy groups -OCH3 is 1. The predicted molar refractivity (Wildman–Crippen MR) is 110 cm³/mol. The Labute approximate surface area is 181 Å². The molecule has 162 valence electrons. The average molecular weight is 436 g/mol. The third-order valence-electron chi connectivity index (χ3n) is 4.66. The van der Waals surface area contributed by atoms with Crippen LogP contribution < -0.4 is 9.47 Å². The van der Waals surface area contributed by atoms with Crippen LogP contribution in [-0.4, -0.2) is 53.8 Å². The Morgan fingerprint density at radius 3 is 2.19 bits per heavy atom. The molecule has 1 heterocycles. The molecule has 0 atom stereocenters. The number of nitro groups is 1. The van der Waals surface area contributed by atoms with Crippen molar-refractivity contribution in [2.45, 2.75) is 0 Å². The summed E-state index contributed by atoms with van der Waals surface area (Å²) in [7, 11) is 3.92. The van der Waals surface area contributed by atoms with E-state index in [1.54, 1.807) is 6.07 Å². The number of nitrogens with zero attached hydrogens (tertiary/aromatic N) is 4. The molecule has 1 saturated heterocycles. The quantitative estimate of drug-likeness (QED) is 0.301. The zero-order valence-electron chi connectivity index (χ0n) is 17.2. The van der Waals surface area contributed by atoms with Crippen molar-refractivity contribution in [1.29, 1.82) is 5.26 Å². The minimum Gasteiger partial charge on any atom is -0.493 e. The standard InChI is InChI=1S/C21H16N4O7/c1-23-19(26)15(20(27)24(2)21(23)28)8-12-4-6-17(18(9-12)31-3)32-16-7-5-14(25(29)30)10-13(16)11-22/h4-10H,1-3H3. The molecule has 1 fully saturated rings. The van der Waals surface area contributed by atoms with E-state index in [0.717, 1.165) is 15.9 Å². The number of rotatable bonds is 5. The van der Waals surface area contributed by atoms with Gasteiger partial charge in [-0.1, -0.05) is 6.07 Å². The van der Waals surface area contributed by atoms with Gasteiger partial charge in [0.15, 0.2) is 11.5 Å². The molecule has 11 heteroatoms. The van der Waals surface area contributed by atoms with Crippen LogP contribution in [-0.2, 0) is 9.59 Å². The summed E-state index contributed by atoms with van der Waals surface area (Å²) in [5.41, 5.74) is -0.0710. The highest BCUT2D eigenvalue weighted by atomic mass is 16.6. The molecular weight excluding hydrogens is 420 g/mol. The number of barbiturate groups is 1. The van der Waals surface area contributed by atoms with E-state index in [1.807, 2.05) is 6.07 Å². The zero-order valence-corrected chi connectivity index (χ0v) is 17.2. The van der Waals surface area contributed by atoms with Gasteiger partial charge >= 0.3 is 6.03 Å². The lowest BCUT2D eigenvalue weighted by Gasteiger charge is -2.28. The zero-order chi connectivity index (χ0) is 23.6. The summed E-state index contributed by atoms with van der Waals surface area (Å²) in [5.74, 6) is -0.966. The Hall–Kier alpha value is -4.72. The van der Waals surface area contributed by atoms with Gasteiger partial charge in [-0.25, -0.2) is 4.79 Å². The molecule has 0 spiro atoms. The monoisotopic (exact) mass is 436 g/mol. The fourth-order valence-corrected chi connectivity index (χ4v) is 2.93. The summed E-state index contributed by atoms with van der Waals surface area (Å²) in [6, 6.07) is 9.24. The highest BCUT2D eigenvalue weighted by molar-refractivity contribution is 6.30. The van der Waals surface area contributed by atoms with Crippen LogP contribution in [0.2, 0.25) is 0 Å². The van der Waals surface area contributed by atoms with Crippen LogP contribution in [0.25, 0.3) is 6.08 Å². The number of likely N-dealkylation sites (N-methyl/N-ethyl adjacent to an activating group) is 2. The number of carbonyl (C=O) groups is 3. The van der Waals surface area contributed by atoms with Crippen molar-refractivity contribution in [1.82, 2.24) is 9.80 Å². The lowest BCUT2D eigenvalue weighted by Crippen LogP contribution is -2.52. The molecule has 0 aromatic heterocycles. The summed E-state index contributed by atoms with van der Waals surface area (Å²) in [4.78, 5) is 48.5. The van der Waals surface area contributed by atoms with Gasteiger partial charge in [-0.2, -0.15) is 5.26 Å². The van der Waals surface area contributed by atoms with Gasteiger partial charge in [0.25, 0.3) is 17.5 Å². The summed E-state index contributed by atoms with van der Waals surface area (Å²) < 4.78 is 11.0. The third kappa shape index (κ3) is 3.97. The van der Waals surface area contributed by atoms with E-state index in [9.17, 15) is 29.8 Å². The van der Waals surface area contributed by atoms with Crippen LogP contribution in [0.15, 0.2) is 42.0 Å². The van der Waals surface area contributed by atoms with E-state index >= 15 is 0 Å². The lowest BCUT2D eigenvalue weighted by molar-refractivity contribution is -0.384. The van der Waals surface area contributed by atoms with E-state index in [1.165, 1.54) is 51.5 Å². The van der Waals surface area contributed by atoms with E-state index in [4.69, 9.17) is 9.47 Å². The third-order valence-corrected chi connectivity index (χ3v) is 4.66. The highest BCUT2D eigenvalue weighted by Gasteiger charge is 2.37. The number of ether oxygens (including phenoxy) is 2. The van der Waals surface area contributed by atoms with Gasteiger partial charge in [-0.05, 0) is 29.8 Å². The Kier molecular flexibility index (Phi) is 5.88. The minimum atomic E-state index is -0.734. The predicted octanol–water partition coefficient (Wildman–Crippen LogP) is 2.70. The largest absolute Gasteiger partial charge is 0.493 e. The number of hydrogen-bond donors (Lipinski definition) is 0. The molecule has 1 aliphatic rings. The molecule has 32 heavy (non-hydrogen) atoms. The molecule has 0 bridgehead atoms. The summed E-state index contributed by atoms with van der Waals surface area (Å²) in [6.45, 7) is 0. The normalized spacial score (nSPS) is 13.7. The first-order valence-electron chi connectivity index (χ1n) is 9.04. The van der Waals surface area contributed by atoms with Crippen LogP contribution in [0.5, 0.6) is 17.2 Å². The van der Waals surface area contributed by atoms with Crippen LogP contribution in [0, 0.1) is 21.4 Å². The Morgan fingerprint density at radius 2 is 1.62 bits per heavy atom. The summed E-state index contributed by atoms with van der Waals surface area (Å²) in [5, 5.41) is 20.2. The molecule has 0 radical (unpaired) electrons. The molecule has 0 unspecified atom stereocenters. The Balaban J connectivity index is 1.95. The first-order valence-corrected chi connectivity index (χ1v) is 9.04. The SMILES string of the molecule is COc1cc(C=C2C(=O)N(C)C(=O)N(C)C2=O)ccc1Oc1ccc([N+](=O)[O-])cc1C#N. The van der Waals surface area contributed by atoms with Gasteiger partial charge in [0.2, 0.25) is 0 Å². The van der Waals surface area contributed by atoms with Crippen molar-refractivity contribution in [2.24, 2.45) is 0 Å². The van der Waals surface area contributed by atoms with Crippen LogP contribution in [0.1, 0.15) is 11.1 Å². The molecule has 11 nitrogen and oxygen atoms in total. The maximum Gasteiger partial charge on any atom is 0.333 e. The van der Waals surface area contributed by atoms with Crippen molar-refractivity contribution in [2.75, 3.05) is 21.2 Å². The number of imide groups is 2. The fourth-order valence-electron chi connectivity index (χ4n) is 2.93. The van der Waals surface area contributed by atoms with Crippen molar-refractivity contribution in [3.05, 3.63) is 63.2 Å². The Bertz CT molecular complexity index is 1200. The van der Waals surface area contributed by atoms with Crippen molar-refractivity contribution >= 4 is 29.6 Å². The van der Waals surface area contributed by atoms with Crippen LogP contribution >= 0.6 is 0 Å². The fraction of sp³-hybridized carbons (Fsp3) is 0.143. The van der Waals surface area contributed by atoms with Crippen molar-refractivity contribution in [3.8, 4) is 23.3 Å². The van der Waals surface area contributed by atoms with Gasteiger partial charge in [-0.3, -0.25) is 29.5 Å². The topological polar surface area (TPSA) is 143 Å². The van der Waals surface area contributed by atoms with Crippen molar-refractivity contribution in [3.63, 3.8) is 0 Å². The van der Waals surface area contributed by atoms with Crippen LogP contribution in [0.3, 0.4) is 0 Å².